The van der Waals surface area contributed by atoms with Gasteiger partial charge in [-0.2, -0.15) is 0 Å². The number of para-hydroxylation sites is 1. The van der Waals surface area contributed by atoms with E-state index in [-0.39, 0.29) is 0 Å². The number of rotatable bonds is 5. The van der Waals surface area contributed by atoms with Crippen molar-refractivity contribution in [1.29, 1.82) is 0 Å². The molecule has 0 saturated carbocycles. The molecule has 3 aromatic heterocycles. The van der Waals surface area contributed by atoms with Gasteiger partial charge in [-0.1, -0.05) is 121 Å². The zero-order valence-corrected chi connectivity index (χ0v) is 28.8. The van der Waals surface area contributed by atoms with Crippen LogP contribution in [-0.4, -0.2) is 16.2 Å². The van der Waals surface area contributed by atoms with E-state index in [0.29, 0.717) is 0 Å². The lowest BCUT2D eigenvalue weighted by Crippen LogP contribution is -1.92. The summed E-state index contributed by atoms with van der Waals surface area (Å²) in [6, 6.07) is 52.9. The first-order valence-corrected chi connectivity index (χ1v) is 18.4. The van der Waals surface area contributed by atoms with Crippen molar-refractivity contribution in [3.05, 3.63) is 169 Å². The van der Waals surface area contributed by atoms with Crippen molar-refractivity contribution in [2.24, 2.45) is 4.99 Å². The molecule has 0 unspecified atom stereocenters. The Hall–Kier alpha value is -6.62. The van der Waals surface area contributed by atoms with Gasteiger partial charge >= 0.3 is 0 Å². The number of pyridine rings is 1. The number of aromatic nitrogens is 2. The van der Waals surface area contributed by atoms with E-state index in [1.54, 1.807) is 11.3 Å². The standard InChI is InChI=1S/C48H29N3S/c1-2-12-37-35(10-1)36-11-3-4-13-38(36)41-27-33(20-21-39(37)41)32-9-7-8-31(26-32)29-16-18-30(19-17-29)46-45-44(40-14-5-6-15-42(40)51-46)48(43-23-25-50-43)52-47(45)34-22-24-49-28-34/h1-28,49H. The Labute approximate surface area is 303 Å². The predicted molar refractivity (Wildman–Crippen MR) is 222 cm³/mol. The highest BCUT2D eigenvalue weighted by Gasteiger charge is 2.24. The number of hydrogen-bond acceptors (Lipinski definition) is 3. The summed E-state index contributed by atoms with van der Waals surface area (Å²) in [6.45, 7) is 0. The van der Waals surface area contributed by atoms with Crippen molar-refractivity contribution in [3.63, 3.8) is 0 Å². The average molecular weight is 680 g/mol. The number of aromatic amines is 1. The van der Waals surface area contributed by atoms with Crippen LogP contribution in [0.15, 0.2) is 169 Å². The summed E-state index contributed by atoms with van der Waals surface area (Å²) in [6.07, 6.45) is 8.04. The first-order valence-electron chi connectivity index (χ1n) is 17.6. The third-order valence-electron chi connectivity index (χ3n) is 10.5. The van der Waals surface area contributed by atoms with Crippen molar-refractivity contribution < 1.29 is 0 Å². The van der Waals surface area contributed by atoms with Gasteiger partial charge in [-0.3, -0.25) is 4.99 Å². The number of nitrogens with zero attached hydrogens (tertiary/aromatic N) is 2. The van der Waals surface area contributed by atoms with Gasteiger partial charge in [0.1, 0.15) is 0 Å². The summed E-state index contributed by atoms with van der Waals surface area (Å²) in [5.41, 5.74) is 10.0. The molecule has 52 heavy (non-hydrogen) atoms. The van der Waals surface area contributed by atoms with E-state index < -0.39 is 0 Å². The molecule has 0 radical (unpaired) electrons. The second-order valence-electron chi connectivity index (χ2n) is 13.4. The van der Waals surface area contributed by atoms with Gasteiger partial charge in [0, 0.05) is 50.8 Å². The molecule has 0 spiro atoms. The molecule has 1 aliphatic heterocycles. The zero-order valence-electron chi connectivity index (χ0n) is 28.0. The summed E-state index contributed by atoms with van der Waals surface area (Å²) >= 11 is 1.80. The molecule has 1 aliphatic rings. The molecule has 0 amide bonds. The van der Waals surface area contributed by atoms with Crippen LogP contribution < -0.4 is 0 Å². The molecule has 0 saturated heterocycles. The molecular formula is C48H29N3S. The van der Waals surface area contributed by atoms with Gasteiger partial charge in [-0.05, 0) is 84.9 Å². The Balaban J connectivity index is 1.03. The van der Waals surface area contributed by atoms with Crippen LogP contribution in [0.3, 0.4) is 0 Å². The third kappa shape index (κ3) is 4.45. The van der Waals surface area contributed by atoms with Gasteiger partial charge in [-0.15, -0.1) is 11.3 Å². The van der Waals surface area contributed by atoms with Crippen LogP contribution in [0.5, 0.6) is 0 Å². The first kappa shape index (κ1) is 29.1. The van der Waals surface area contributed by atoms with Gasteiger partial charge in [0.05, 0.1) is 21.8 Å². The highest BCUT2D eigenvalue weighted by Crippen LogP contribution is 2.49. The number of aliphatic imine (C=N–C) groups is 1. The molecule has 0 bridgehead atoms. The highest BCUT2D eigenvalue weighted by molar-refractivity contribution is 7.18. The van der Waals surface area contributed by atoms with Crippen molar-refractivity contribution in [1.82, 2.24) is 9.97 Å². The molecule has 11 rings (SSSR count). The Bertz CT molecular complexity index is 3070. The number of nitrogens with one attached hydrogen (secondary N) is 1. The van der Waals surface area contributed by atoms with Gasteiger partial charge in [0.25, 0.3) is 0 Å². The summed E-state index contributed by atoms with van der Waals surface area (Å²) in [7, 11) is 0. The summed E-state index contributed by atoms with van der Waals surface area (Å²) in [4.78, 5) is 15.6. The Morgan fingerprint density at radius 1 is 0.442 bits per heavy atom. The van der Waals surface area contributed by atoms with E-state index >= 15 is 0 Å². The SMILES string of the molecule is C1=NC(c2sc(-c3cc[nH]c3)c3c(-c4ccc(-c5cccc(-c6ccc7c8ccccc8c8ccccc8c7c6)c5)cc4)nc4ccccc4c23)=C1. The topological polar surface area (TPSA) is 41.0 Å². The lowest BCUT2D eigenvalue weighted by atomic mass is 9.91. The minimum Gasteiger partial charge on any atom is -0.367 e. The van der Waals surface area contributed by atoms with Crippen LogP contribution in [0.1, 0.15) is 4.88 Å². The maximum Gasteiger partial charge on any atom is 0.0823 e. The largest absolute Gasteiger partial charge is 0.367 e. The van der Waals surface area contributed by atoms with E-state index in [1.807, 2.05) is 12.4 Å². The predicted octanol–water partition coefficient (Wildman–Crippen LogP) is 13.3. The number of benzene rings is 7. The molecule has 4 heterocycles. The number of allylic oxidation sites excluding steroid dienone is 1. The Morgan fingerprint density at radius 3 is 1.71 bits per heavy atom. The normalized spacial score (nSPS) is 12.7. The first-order chi connectivity index (χ1) is 25.8. The summed E-state index contributed by atoms with van der Waals surface area (Å²) in [5.74, 6) is 0. The molecular weight excluding hydrogens is 651 g/mol. The highest BCUT2D eigenvalue weighted by atomic mass is 32.1. The molecule has 10 aromatic rings. The van der Waals surface area contributed by atoms with Crippen molar-refractivity contribution >= 4 is 77.2 Å². The average Bonchev–Trinajstić information content (AvgIpc) is 3.87. The van der Waals surface area contributed by atoms with Gasteiger partial charge in [0.2, 0.25) is 0 Å². The van der Waals surface area contributed by atoms with Crippen LogP contribution >= 0.6 is 11.3 Å². The van der Waals surface area contributed by atoms with E-state index in [2.05, 4.69) is 168 Å². The maximum absolute atomic E-state index is 5.32. The molecule has 0 fully saturated rings. The van der Waals surface area contributed by atoms with Crippen LogP contribution in [0.4, 0.5) is 0 Å². The molecule has 7 aromatic carbocycles. The van der Waals surface area contributed by atoms with Crippen molar-refractivity contribution in [2.45, 2.75) is 0 Å². The van der Waals surface area contributed by atoms with E-state index in [9.17, 15) is 0 Å². The summed E-state index contributed by atoms with van der Waals surface area (Å²) < 4.78 is 0. The fourth-order valence-corrected chi connectivity index (χ4v) is 9.29. The second-order valence-corrected chi connectivity index (χ2v) is 14.4. The molecule has 0 aliphatic carbocycles. The minimum atomic E-state index is 0.988. The Kier molecular flexibility index (Phi) is 6.42. The van der Waals surface area contributed by atoms with Gasteiger partial charge in [0.15, 0.2) is 0 Å². The maximum atomic E-state index is 5.32. The second kappa shape index (κ2) is 11.5. The fourth-order valence-electron chi connectivity index (χ4n) is 8.00. The number of hydrogen-bond donors (Lipinski definition) is 1. The van der Waals surface area contributed by atoms with Crippen LogP contribution in [-0.2, 0) is 0 Å². The van der Waals surface area contributed by atoms with Crippen LogP contribution in [0.25, 0.3) is 104 Å². The molecule has 0 atom stereocenters. The van der Waals surface area contributed by atoms with Crippen LogP contribution in [0.2, 0.25) is 0 Å². The third-order valence-corrected chi connectivity index (χ3v) is 11.8. The quantitative estimate of drug-likeness (QED) is 0.181. The molecule has 4 heteroatoms. The fraction of sp³-hybridized carbons (Fsp3) is 0. The zero-order chi connectivity index (χ0) is 34.2. The molecule has 1 N–H and O–H groups in total. The van der Waals surface area contributed by atoms with Crippen molar-refractivity contribution in [2.75, 3.05) is 0 Å². The number of H-pyrrole nitrogens is 1. The van der Waals surface area contributed by atoms with Gasteiger partial charge < -0.3 is 4.98 Å². The van der Waals surface area contributed by atoms with Gasteiger partial charge in [-0.25, -0.2) is 4.98 Å². The van der Waals surface area contributed by atoms with E-state index in [1.165, 1.54) is 75.1 Å². The van der Waals surface area contributed by atoms with Crippen LogP contribution in [0, 0.1) is 0 Å². The number of fused-ring (bicyclic) bond motifs is 9. The minimum absolute atomic E-state index is 0.988. The molecule has 3 nitrogen and oxygen atoms in total. The summed E-state index contributed by atoms with van der Waals surface area (Å²) in [5, 5.41) is 11.3. The lowest BCUT2D eigenvalue weighted by Gasteiger charge is -2.13. The smallest absolute Gasteiger partial charge is 0.0823 e. The lowest BCUT2D eigenvalue weighted by molar-refractivity contribution is 1.41. The Morgan fingerprint density at radius 2 is 1.04 bits per heavy atom. The van der Waals surface area contributed by atoms with Crippen molar-refractivity contribution in [3.8, 4) is 44.0 Å². The number of thiophene rings is 1. The van der Waals surface area contributed by atoms with E-state index in [4.69, 9.17) is 4.98 Å². The molecule has 242 valence electrons. The monoisotopic (exact) mass is 679 g/mol. The van der Waals surface area contributed by atoms with E-state index in [0.717, 1.165) is 33.4 Å².